The third-order valence-electron chi connectivity index (χ3n) is 3.15. The summed E-state index contributed by atoms with van der Waals surface area (Å²) in [5, 5.41) is 5.51. The van der Waals surface area contributed by atoms with E-state index in [1.165, 1.54) is 0 Å². The van der Waals surface area contributed by atoms with Gasteiger partial charge in [0.1, 0.15) is 0 Å². The average molecular weight is 214 g/mol. The number of amides is 2. The summed E-state index contributed by atoms with van der Waals surface area (Å²) in [6, 6.07) is 7.39. The first-order valence-electron chi connectivity index (χ1n) is 5.05. The molecule has 4 nitrogen and oxygen atoms in total. The van der Waals surface area contributed by atoms with Crippen molar-refractivity contribution in [3.05, 3.63) is 42.0 Å². The van der Waals surface area contributed by atoms with Crippen LogP contribution < -0.4 is 10.6 Å². The minimum Gasteiger partial charge on any atom is -0.334 e. The van der Waals surface area contributed by atoms with Gasteiger partial charge >= 0.3 is 0 Å². The molecular formula is C12H10N2O2. The van der Waals surface area contributed by atoms with Crippen LogP contribution in [-0.2, 0) is 15.1 Å². The SMILES string of the molecule is C=C1CC2(NC1=O)C(=O)Nc1ccccc12. The molecule has 1 spiro atoms. The molecule has 1 fully saturated rings. The highest BCUT2D eigenvalue weighted by molar-refractivity contribution is 6.12. The molecule has 16 heavy (non-hydrogen) atoms. The Kier molecular flexibility index (Phi) is 1.56. The molecule has 2 aliphatic heterocycles. The zero-order valence-corrected chi connectivity index (χ0v) is 8.54. The highest BCUT2D eigenvalue weighted by Gasteiger charge is 2.52. The number of carbonyl (C=O) groups excluding carboxylic acids is 2. The standard InChI is InChI=1S/C12H10N2O2/c1-7-6-12(14-10(7)15)8-4-2-3-5-9(8)13-11(12)16/h2-5H,1,6H2,(H,13,16)(H,14,15). The van der Waals surface area contributed by atoms with E-state index in [9.17, 15) is 9.59 Å². The first-order chi connectivity index (χ1) is 7.63. The lowest BCUT2D eigenvalue weighted by molar-refractivity contribution is -0.125. The van der Waals surface area contributed by atoms with Crippen LogP contribution in [0.2, 0.25) is 0 Å². The van der Waals surface area contributed by atoms with Gasteiger partial charge in [-0.2, -0.15) is 0 Å². The lowest BCUT2D eigenvalue weighted by Gasteiger charge is -2.20. The van der Waals surface area contributed by atoms with Crippen LogP contribution in [0.1, 0.15) is 12.0 Å². The molecule has 1 aromatic rings. The number of rotatable bonds is 0. The van der Waals surface area contributed by atoms with Gasteiger partial charge in [0.2, 0.25) is 5.91 Å². The first kappa shape index (κ1) is 9.15. The minimum absolute atomic E-state index is 0.180. The molecule has 0 saturated carbocycles. The van der Waals surface area contributed by atoms with Gasteiger partial charge in [-0.3, -0.25) is 9.59 Å². The van der Waals surface area contributed by atoms with E-state index < -0.39 is 5.54 Å². The Hall–Kier alpha value is -2.10. The van der Waals surface area contributed by atoms with Crippen LogP contribution in [0, 0.1) is 0 Å². The number of para-hydroxylation sites is 1. The van der Waals surface area contributed by atoms with Crippen LogP contribution >= 0.6 is 0 Å². The second kappa shape index (κ2) is 2.72. The van der Waals surface area contributed by atoms with Crippen molar-refractivity contribution >= 4 is 17.5 Å². The van der Waals surface area contributed by atoms with Crippen molar-refractivity contribution in [2.24, 2.45) is 0 Å². The Labute approximate surface area is 92.3 Å². The molecule has 2 heterocycles. The van der Waals surface area contributed by atoms with E-state index in [-0.39, 0.29) is 11.8 Å². The van der Waals surface area contributed by atoms with Crippen LogP contribution in [0.4, 0.5) is 5.69 Å². The molecule has 4 heteroatoms. The van der Waals surface area contributed by atoms with Crippen LogP contribution in [-0.4, -0.2) is 11.8 Å². The molecule has 0 aromatic heterocycles. The van der Waals surface area contributed by atoms with E-state index in [1.54, 1.807) is 0 Å². The van der Waals surface area contributed by atoms with E-state index in [1.807, 2.05) is 24.3 Å². The van der Waals surface area contributed by atoms with Gasteiger partial charge in [0.25, 0.3) is 5.91 Å². The molecular weight excluding hydrogens is 204 g/mol. The molecule has 3 rings (SSSR count). The zero-order valence-electron chi connectivity index (χ0n) is 8.54. The monoisotopic (exact) mass is 214 g/mol. The predicted octanol–water partition coefficient (Wildman–Crippen LogP) is 0.910. The molecule has 0 radical (unpaired) electrons. The summed E-state index contributed by atoms with van der Waals surface area (Å²) in [4.78, 5) is 23.5. The van der Waals surface area contributed by atoms with Crippen LogP contribution in [0.25, 0.3) is 0 Å². The predicted molar refractivity (Wildman–Crippen MR) is 58.6 cm³/mol. The van der Waals surface area contributed by atoms with Gasteiger partial charge in [-0.15, -0.1) is 0 Å². The second-order valence-electron chi connectivity index (χ2n) is 4.14. The summed E-state index contributed by atoms with van der Waals surface area (Å²) in [6.45, 7) is 3.67. The highest BCUT2D eigenvalue weighted by Crippen LogP contribution is 2.42. The Morgan fingerprint density at radius 1 is 1.25 bits per heavy atom. The van der Waals surface area contributed by atoms with Crippen molar-refractivity contribution < 1.29 is 9.59 Å². The van der Waals surface area contributed by atoms with Gasteiger partial charge in [-0.1, -0.05) is 24.8 Å². The molecule has 1 saturated heterocycles. The number of carbonyl (C=O) groups is 2. The van der Waals surface area contributed by atoms with Crippen LogP contribution in [0.15, 0.2) is 36.4 Å². The third kappa shape index (κ3) is 0.934. The van der Waals surface area contributed by atoms with Crippen LogP contribution in [0.3, 0.4) is 0 Å². The maximum absolute atomic E-state index is 12.0. The lowest BCUT2D eigenvalue weighted by atomic mass is 9.89. The molecule has 2 amide bonds. The number of benzene rings is 1. The zero-order chi connectivity index (χ0) is 11.3. The Morgan fingerprint density at radius 2 is 2.00 bits per heavy atom. The third-order valence-corrected chi connectivity index (χ3v) is 3.15. The number of anilines is 1. The van der Waals surface area contributed by atoms with Gasteiger partial charge in [-0.25, -0.2) is 0 Å². The summed E-state index contributed by atoms with van der Waals surface area (Å²) in [5.41, 5.74) is 1.12. The second-order valence-corrected chi connectivity index (χ2v) is 4.14. The van der Waals surface area contributed by atoms with E-state index in [2.05, 4.69) is 17.2 Å². The fourth-order valence-electron chi connectivity index (χ4n) is 2.34. The van der Waals surface area contributed by atoms with Crippen molar-refractivity contribution in [2.75, 3.05) is 5.32 Å². The summed E-state index contributed by atoms with van der Waals surface area (Å²) >= 11 is 0. The highest BCUT2D eigenvalue weighted by atomic mass is 16.2. The molecule has 1 aromatic carbocycles. The van der Waals surface area contributed by atoms with Gasteiger partial charge in [0, 0.05) is 23.2 Å². The van der Waals surface area contributed by atoms with Crippen LogP contribution in [0.5, 0.6) is 0 Å². The van der Waals surface area contributed by atoms with Crippen molar-refractivity contribution in [2.45, 2.75) is 12.0 Å². The van der Waals surface area contributed by atoms with Crippen molar-refractivity contribution in [3.8, 4) is 0 Å². The normalized spacial score (nSPS) is 26.9. The van der Waals surface area contributed by atoms with Gasteiger partial charge in [-0.05, 0) is 6.07 Å². The van der Waals surface area contributed by atoms with E-state index >= 15 is 0 Å². The van der Waals surface area contributed by atoms with E-state index in [4.69, 9.17) is 0 Å². The summed E-state index contributed by atoms with van der Waals surface area (Å²) in [5.74, 6) is -0.424. The molecule has 0 bridgehead atoms. The van der Waals surface area contributed by atoms with E-state index in [0.717, 1.165) is 11.3 Å². The molecule has 2 N–H and O–H groups in total. The summed E-state index contributed by atoms with van der Waals surface area (Å²) < 4.78 is 0. The maximum atomic E-state index is 12.0. The maximum Gasteiger partial charge on any atom is 0.255 e. The van der Waals surface area contributed by atoms with Crippen molar-refractivity contribution in [1.29, 1.82) is 0 Å². The fraction of sp³-hybridized carbons (Fsp3) is 0.167. The number of hydrogen-bond donors (Lipinski definition) is 2. The largest absolute Gasteiger partial charge is 0.334 e. The van der Waals surface area contributed by atoms with Gasteiger partial charge in [0.05, 0.1) is 0 Å². The minimum atomic E-state index is -0.926. The number of fused-ring (bicyclic) bond motifs is 2. The van der Waals surface area contributed by atoms with Crippen molar-refractivity contribution in [3.63, 3.8) is 0 Å². The van der Waals surface area contributed by atoms with E-state index in [0.29, 0.717) is 12.0 Å². The van der Waals surface area contributed by atoms with Crippen molar-refractivity contribution in [1.82, 2.24) is 5.32 Å². The Morgan fingerprint density at radius 3 is 2.69 bits per heavy atom. The molecule has 1 unspecified atom stereocenters. The molecule has 80 valence electrons. The number of nitrogens with one attached hydrogen (secondary N) is 2. The number of hydrogen-bond acceptors (Lipinski definition) is 2. The average Bonchev–Trinajstić information content (AvgIpc) is 2.69. The fourth-order valence-corrected chi connectivity index (χ4v) is 2.34. The summed E-state index contributed by atoms with van der Waals surface area (Å²) in [6.07, 6.45) is 0.342. The first-order valence-corrected chi connectivity index (χ1v) is 5.05. The molecule has 1 atom stereocenters. The molecule has 0 aliphatic carbocycles. The quantitative estimate of drug-likeness (QED) is 0.631. The summed E-state index contributed by atoms with van der Waals surface area (Å²) in [7, 11) is 0. The Balaban J connectivity index is 2.19. The smallest absolute Gasteiger partial charge is 0.255 e. The van der Waals surface area contributed by atoms with Gasteiger partial charge < -0.3 is 10.6 Å². The molecule has 2 aliphatic rings. The topological polar surface area (TPSA) is 58.2 Å². The van der Waals surface area contributed by atoms with Gasteiger partial charge in [0.15, 0.2) is 5.54 Å². The Bertz CT molecular complexity index is 518. The lowest BCUT2D eigenvalue weighted by Crippen LogP contribution is -2.44.